The first-order chi connectivity index (χ1) is 10.7. The molecular weight excluding hydrogens is 278 g/mol. The summed E-state index contributed by atoms with van der Waals surface area (Å²) in [7, 11) is 0. The van der Waals surface area contributed by atoms with Crippen molar-refractivity contribution in [3.63, 3.8) is 0 Å². The zero-order chi connectivity index (χ0) is 15.9. The molecule has 22 heavy (non-hydrogen) atoms. The minimum absolute atomic E-state index is 0.0432. The fourth-order valence-electron chi connectivity index (χ4n) is 2.38. The van der Waals surface area contributed by atoms with Gasteiger partial charge in [0, 0.05) is 18.7 Å². The van der Waals surface area contributed by atoms with Gasteiger partial charge in [0.2, 0.25) is 5.88 Å². The number of hydrogen-bond acceptors (Lipinski definition) is 3. The van der Waals surface area contributed by atoms with E-state index in [1.807, 2.05) is 29.8 Å². The van der Waals surface area contributed by atoms with E-state index in [4.69, 9.17) is 4.74 Å². The lowest BCUT2D eigenvalue weighted by molar-refractivity contribution is 0.0953. The largest absolute Gasteiger partial charge is 0.478 e. The molecule has 5 heteroatoms. The van der Waals surface area contributed by atoms with E-state index in [2.05, 4.69) is 24.3 Å². The summed E-state index contributed by atoms with van der Waals surface area (Å²) < 4.78 is 7.60. The highest BCUT2D eigenvalue weighted by molar-refractivity contribution is 5.98. The summed E-state index contributed by atoms with van der Waals surface area (Å²) in [4.78, 5) is 12.1. The van der Waals surface area contributed by atoms with Gasteiger partial charge < -0.3 is 10.1 Å². The molecule has 0 aliphatic rings. The fraction of sp³-hybridized carbons (Fsp3) is 0.529. The summed E-state index contributed by atoms with van der Waals surface area (Å²) >= 11 is 0. The second-order valence-electron chi connectivity index (χ2n) is 5.30. The molecule has 0 fully saturated rings. The van der Waals surface area contributed by atoms with Crippen LogP contribution in [-0.2, 0) is 6.54 Å². The number of fused-ring (bicyclic) bond motifs is 1. The van der Waals surface area contributed by atoms with Gasteiger partial charge in [0.05, 0.1) is 17.5 Å². The highest BCUT2D eigenvalue weighted by Gasteiger charge is 2.14. The predicted molar refractivity (Wildman–Crippen MR) is 88.4 cm³/mol. The molecule has 1 N–H and O–H groups in total. The number of carbonyl (C=O) groups excluding carboxylic acids is 1. The van der Waals surface area contributed by atoms with Crippen LogP contribution in [0.3, 0.4) is 0 Å². The van der Waals surface area contributed by atoms with Crippen LogP contribution in [0.25, 0.3) is 10.9 Å². The molecule has 0 aliphatic heterocycles. The minimum atomic E-state index is -0.0432. The van der Waals surface area contributed by atoms with Gasteiger partial charge in [-0.05, 0) is 38.0 Å². The highest BCUT2D eigenvalue weighted by atomic mass is 16.5. The summed E-state index contributed by atoms with van der Waals surface area (Å²) in [5.74, 6) is 0.746. The number of unbranched alkanes of at least 4 members (excludes halogenated alkanes) is 1. The van der Waals surface area contributed by atoms with Crippen LogP contribution in [0.2, 0.25) is 0 Å². The maximum atomic E-state index is 12.1. The van der Waals surface area contributed by atoms with Crippen molar-refractivity contribution in [2.45, 2.75) is 46.6 Å². The van der Waals surface area contributed by atoms with Crippen molar-refractivity contribution >= 4 is 16.8 Å². The maximum Gasteiger partial charge on any atom is 0.251 e. The van der Waals surface area contributed by atoms with Crippen LogP contribution in [0.15, 0.2) is 18.2 Å². The Morgan fingerprint density at radius 1 is 1.27 bits per heavy atom. The van der Waals surface area contributed by atoms with Crippen molar-refractivity contribution in [1.82, 2.24) is 15.1 Å². The number of nitrogens with zero attached hydrogens (tertiary/aromatic N) is 2. The molecule has 0 atom stereocenters. The third-order valence-electron chi connectivity index (χ3n) is 3.49. The zero-order valence-corrected chi connectivity index (χ0v) is 13.7. The third kappa shape index (κ3) is 3.59. The van der Waals surface area contributed by atoms with Crippen molar-refractivity contribution in [2.24, 2.45) is 0 Å². The number of benzene rings is 1. The Bertz CT molecular complexity index is 634. The normalized spacial score (nSPS) is 10.9. The maximum absolute atomic E-state index is 12.1. The summed E-state index contributed by atoms with van der Waals surface area (Å²) in [5, 5.41) is 8.46. The van der Waals surface area contributed by atoms with E-state index in [1.165, 1.54) is 0 Å². The Balaban J connectivity index is 2.28. The number of ether oxygens (including phenoxy) is 1. The lowest BCUT2D eigenvalue weighted by atomic mass is 10.1. The second-order valence-corrected chi connectivity index (χ2v) is 5.30. The summed E-state index contributed by atoms with van der Waals surface area (Å²) in [5.41, 5.74) is 1.45. The van der Waals surface area contributed by atoms with Gasteiger partial charge >= 0.3 is 0 Å². The number of aromatic nitrogens is 2. The molecule has 0 saturated heterocycles. The molecule has 1 heterocycles. The number of hydrogen-bond donors (Lipinski definition) is 1. The Labute approximate surface area is 131 Å². The molecule has 1 amide bonds. The van der Waals surface area contributed by atoms with E-state index < -0.39 is 0 Å². The van der Waals surface area contributed by atoms with Crippen LogP contribution < -0.4 is 10.1 Å². The fourth-order valence-corrected chi connectivity index (χ4v) is 2.38. The number of aryl methyl sites for hydroxylation is 1. The Morgan fingerprint density at radius 3 is 2.77 bits per heavy atom. The van der Waals surface area contributed by atoms with E-state index >= 15 is 0 Å². The molecule has 2 rings (SSSR count). The topological polar surface area (TPSA) is 56.1 Å². The lowest BCUT2D eigenvalue weighted by Gasteiger charge is -2.06. The standard InChI is InChI=1S/C17H25N3O2/c1-4-7-10-18-16(21)13-8-9-14-15(12-13)19-20(11-5-2)17(14)22-6-3/h8-9,12H,4-7,10-11H2,1-3H3,(H,18,21). The van der Waals surface area contributed by atoms with Crippen LogP contribution in [0, 0.1) is 0 Å². The second kappa shape index (κ2) is 7.82. The molecule has 2 aromatic rings. The Morgan fingerprint density at radius 2 is 2.09 bits per heavy atom. The average Bonchev–Trinajstić information content (AvgIpc) is 2.85. The first-order valence-electron chi connectivity index (χ1n) is 8.12. The van der Waals surface area contributed by atoms with E-state index in [9.17, 15) is 4.79 Å². The molecule has 1 aromatic carbocycles. The number of rotatable bonds is 8. The van der Waals surface area contributed by atoms with Gasteiger partial charge in [-0.3, -0.25) is 4.79 Å². The molecule has 0 saturated carbocycles. The monoisotopic (exact) mass is 303 g/mol. The Hall–Kier alpha value is -2.04. The van der Waals surface area contributed by atoms with Crippen molar-refractivity contribution in [3.8, 4) is 5.88 Å². The van der Waals surface area contributed by atoms with Gasteiger partial charge in [0.1, 0.15) is 0 Å². The summed E-state index contributed by atoms with van der Waals surface area (Å²) in [6, 6.07) is 5.60. The van der Waals surface area contributed by atoms with Gasteiger partial charge in [-0.1, -0.05) is 20.3 Å². The van der Waals surface area contributed by atoms with Gasteiger partial charge in [-0.25, -0.2) is 4.68 Å². The molecule has 0 aliphatic carbocycles. The third-order valence-corrected chi connectivity index (χ3v) is 3.49. The minimum Gasteiger partial charge on any atom is -0.478 e. The summed E-state index contributed by atoms with van der Waals surface area (Å²) in [6.45, 7) is 8.29. The van der Waals surface area contributed by atoms with Gasteiger partial charge in [-0.15, -0.1) is 0 Å². The smallest absolute Gasteiger partial charge is 0.251 e. The molecule has 0 radical (unpaired) electrons. The molecule has 1 aromatic heterocycles. The first-order valence-corrected chi connectivity index (χ1v) is 8.12. The molecule has 0 bridgehead atoms. The summed E-state index contributed by atoms with van der Waals surface area (Å²) in [6.07, 6.45) is 3.05. The Kier molecular flexibility index (Phi) is 5.81. The number of carbonyl (C=O) groups is 1. The van der Waals surface area contributed by atoms with Gasteiger partial charge in [0.15, 0.2) is 0 Å². The van der Waals surface area contributed by atoms with Crippen molar-refractivity contribution < 1.29 is 9.53 Å². The van der Waals surface area contributed by atoms with Crippen molar-refractivity contribution in [2.75, 3.05) is 13.2 Å². The highest BCUT2D eigenvalue weighted by Crippen LogP contribution is 2.27. The average molecular weight is 303 g/mol. The number of amides is 1. The zero-order valence-electron chi connectivity index (χ0n) is 13.7. The van der Waals surface area contributed by atoms with Crippen LogP contribution in [0.1, 0.15) is 50.4 Å². The molecule has 5 nitrogen and oxygen atoms in total. The van der Waals surface area contributed by atoms with Crippen molar-refractivity contribution in [3.05, 3.63) is 23.8 Å². The van der Waals surface area contributed by atoms with E-state index in [-0.39, 0.29) is 5.91 Å². The molecular formula is C17H25N3O2. The predicted octanol–water partition coefficient (Wildman–Crippen LogP) is 3.37. The lowest BCUT2D eigenvalue weighted by Crippen LogP contribution is -2.24. The quantitative estimate of drug-likeness (QED) is 0.761. The van der Waals surface area contributed by atoms with Crippen LogP contribution in [0.4, 0.5) is 0 Å². The van der Waals surface area contributed by atoms with E-state index in [0.29, 0.717) is 18.7 Å². The number of nitrogens with one attached hydrogen (secondary N) is 1. The molecule has 0 spiro atoms. The molecule has 0 unspecified atom stereocenters. The SMILES string of the molecule is CCCCNC(=O)c1ccc2c(OCC)n(CCC)nc2c1. The van der Waals surface area contributed by atoms with Crippen LogP contribution >= 0.6 is 0 Å². The van der Waals surface area contributed by atoms with Crippen LogP contribution in [0.5, 0.6) is 5.88 Å². The molecule has 120 valence electrons. The first kappa shape index (κ1) is 16.3. The van der Waals surface area contributed by atoms with E-state index in [0.717, 1.165) is 42.6 Å². The van der Waals surface area contributed by atoms with Gasteiger partial charge in [0.25, 0.3) is 5.91 Å². The van der Waals surface area contributed by atoms with E-state index in [1.54, 1.807) is 0 Å². The van der Waals surface area contributed by atoms with Crippen LogP contribution in [-0.4, -0.2) is 28.8 Å². The van der Waals surface area contributed by atoms with Crippen molar-refractivity contribution in [1.29, 1.82) is 0 Å². The van der Waals surface area contributed by atoms with Gasteiger partial charge in [-0.2, -0.15) is 5.10 Å².